The van der Waals surface area contributed by atoms with Gasteiger partial charge in [0.15, 0.2) is 0 Å². The van der Waals surface area contributed by atoms with Gasteiger partial charge >= 0.3 is 0 Å². The topological polar surface area (TPSA) is 58.2 Å². The number of sulfonamides is 1. The molecule has 0 aromatic carbocycles. The zero-order valence-electron chi connectivity index (χ0n) is 8.75. The van der Waals surface area contributed by atoms with Crippen LogP contribution in [0.2, 0.25) is 0 Å². The molecule has 0 bridgehead atoms. The Morgan fingerprint density at radius 3 is 2.57 bits per heavy atom. The summed E-state index contributed by atoms with van der Waals surface area (Å²) in [6.07, 6.45) is 5.78. The standard InChI is InChI=1S/C9H20N2O2S/c1-14(12,13)11-6-2-3-9-4-7-10-8-5-9/h9-11H,2-8H2,1H3. The first kappa shape index (κ1) is 11.9. The Kier molecular flexibility index (Phi) is 4.84. The van der Waals surface area contributed by atoms with Crippen LogP contribution in [-0.4, -0.2) is 34.3 Å². The predicted molar refractivity (Wildman–Crippen MR) is 57.7 cm³/mol. The first-order valence-corrected chi connectivity index (χ1v) is 7.12. The lowest BCUT2D eigenvalue weighted by atomic mass is 9.93. The lowest BCUT2D eigenvalue weighted by Crippen LogP contribution is -2.28. The van der Waals surface area contributed by atoms with E-state index < -0.39 is 10.0 Å². The first-order valence-electron chi connectivity index (χ1n) is 5.23. The molecule has 4 nitrogen and oxygen atoms in total. The van der Waals surface area contributed by atoms with Gasteiger partial charge in [-0.2, -0.15) is 0 Å². The van der Waals surface area contributed by atoms with Crippen molar-refractivity contribution in [3.63, 3.8) is 0 Å². The molecule has 0 aromatic heterocycles. The van der Waals surface area contributed by atoms with Gasteiger partial charge in [-0.3, -0.25) is 0 Å². The van der Waals surface area contributed by atoms with Crippen molar-refractivity contribution in [1.82, 2.24) is 10.0 Å². The number of hydrogen-bond donors (Lipinski definition) is 2. The van der Waals surface area contributed by atoms with E-state index in [2.05, 4.69) is 10.0 Å². The molecule has 0 radical (unpaired) electrons. The molecule has 1 aliphatic heterocycles. The Labute approximate surface area is 86.5 Å². The lowest BCUT2D eigenvalue weighted by Gasteiger charge is -2.22. The molecule has 0 aromatic rings. The fourth-order valence-electron chi connectivity index (χ4n) is 1.82. The van der Waals surface area contributed by atoms with E-state index in [-0.39, 0.29) is 0 Å². The van der Waals surface area contributed by atoms with Crippen LogP contribution in [0.4, 0.5) is 0 Å². The molecular formula is C9H20N2O2S. The van der Waals surface area contributed by atoms with Crippen LogP contribution in [-0.2, 0) is 10.0 Å². The highest BCUT2D eigenvalue weighted by Gasteiger charge is 2.12. The van der Waals surface area contributed by atoms with Gasteiger partial charge in [0.25, 0.3) is 0 Å². The molecule has 84 valence electrons. The molecule has 1 fully saturated rings. The Balaban J connectivity index is 2.03. The molecule has 0 amide bonds. The van der Waals surface area contributed by atoms with E-state index in [1.807, 2.05) is 0 Å². The monoisotopic (exact) mass is 220 g/mol. The van der Waals surface area contributed by atoms with E-state index in [4.69, 9.17) is 0 Å². The van der Waals surface area contributed by atoms with Gasteiger partial charge in [-0.1, -0.05) is 0 Å². The molecule has 2 N–H and O–H groups in total. The summed E-state index contributed by atoms with van der Waals surface area (Å²) in [6.45, 7) is 2.82. The Hall–Kier alpha value is -0.130. The number of rotatable bonds is 5. The van der Waals surface area contributed by atoms with E-state index in [1.54, 1.807) is 0 Å². The third-order valence-electron chi connectivity index (χ3n) is 2.61. The molecule has 0 spiro atoms. The van der Waals surface area contributed by atoms with Crippen LogP contribution >= 0.6 is 0 Å². The molecule has 0 unspecified atom stereocenters. The summed E-state index contributed by atoms with van der Waals surface area (Å²) in [5.41, 5.74) is 0. The Morgan fingerprint density at radius 2 is 2.00 bits per heavy atom. The highest BCUT2D eigenvalue weighted by molar-refractivity contribution is 7.88. The van der Waals surface area contributed by atoms with Crippen LogP contribution in [0.15, 0.2) is 0 Å². The van der Waals surface area contributed by atoms with Crippen LogP contribution in [0.25, 0.3) is 0 Å². The fourth-order valence-corrected chi connectivity index (χ4v) is 2.33. The average molecular weight is 220 g/mol. The number of hydrogen-bond acceptors (Lipinski definition) is 3. The van der Waals surface area contributed by atoms with Crippen LogP contribution in [0.1, 0.15) is 25.7 Å². The van der Waals surface area contributed by atoms with Crippen molar-refractivity contribution in [3.8, 4) is 0 Å². The fraction of sp³-hybridized carbons (Fsp3) is 1.00. The largest absolute Gasteiger partial charge is 0.317 e. The zero-order valence-corrected chi connectivity index (χ0v) is 9.57. The smallest absolute Gasteiger partial charge is 0.208 e. The van der Waals surface area contributed by atoms with Crippen molar-refractivity contribution in [3.05, 3.63) is 0 Å². The summed E-state index contributed by atoms with van der Waals surface area (Å²) in [5.74, 6) is 0.789. The van der Waals surface area contributed by atoms with E-state index >= 15 is 0 Å². The van der Waals surface area contributed by atoms with E-state index in [1.165, 1.54) is 19.1 Å². The van der Waals surface area contributed by atoms with Gasteiger partial charge in [0, 0.05) is 6.54 Å². The third kappa shape index (κ3) is 5.57. The van der Waals surface area contributed by atoms with Crippen molar-refractivity contribution in [1.29, 1.82) is 0 Å². The Bertz CT molecular complexity index is 246. The van der Waals surface area contributed by atoms with Gasteiger partial charge in [-0.05, 0) is 44.7 Å². The van der Waals surface area contributed by atoms with Gasteiger partial charge in [0.05, 0.1) is 6.26 Å². The first-order chi connectivity index (χ1) is 6.58. The summed E-state index contributed by atoms with van der Waals surface area (Å²) >= 11 is 0. The molecule has 0 aliphatic carbocycles. The highest BCUT2D eigenvalue weighted by Crippen LogP contribution is 2.16. The van der Waals surface area contributed by atoms with E-state index in [9.17, 15) is 8.42 Å². The van der Waals surface area contributed by atoms with Crippen molar-refractivity contribution in [2.75, 3.05) is 25.9 Å². The molecule has 1 saturated heterocycles. The molecular weight excluding hydrogens is 200 g/mol. The van der Waals surface area contributed by atoms with E-state index in [0.29, 0.717) is 6.54 Å². The van der Waals surface area contributed by atoms with Crippen LogP contribution < -0.4 is 10.0 Å². The van der Waals surface area contributed by atoms with Crippen molar-refractivity contribution in [2.45, 2.75) is 25.7 Å². The summed E-state index contributed by atoms with van der Waals surface area (Å²) in [7, 11) is -2.99. The highest BCUT2D eigenvalue weighted by atomic mass is 32.2. The zero-order chi connectivity index (χ0) is 10.4. The van der Waals surface area contributed by atoms with Gasteiger partial charge < -0.3 is 5.32 Å². The Morgan fingerprint density at radius 1 is 1.36 bits per heavy atom. The van der Waals surface area contributed by atoms with Crippen molar-refractivity contribution < 1.29 is 8.42 Å². The SMILES string of the molecule is CS(=O)(=O)NCCCC1CCNCC1. The summed E-state index contributed by atoms with van der Waals surface area (Å²) < 4.78 is 24.0. The maximum absolute atomic E-state index is 10.8. The second kappa shape index (κ2) is 5.68. The third-order valence-corrected chi connectivity index (χ3v) is 3.34. The second-order valence-electron chi connectivity index (χ2n) is 4.00. The van der Waals surface area contributed by atoms with Crippen molar-refractivity contribution in [2.24, 2.45) is 5.92 Å². The maximum Gasteiger partial charge on any atom is 0.208 e. The minimum atomic E-state index is -2.99. The normalized spacial score (nSPS) is 19.8. The minimum absolute atomic E-state index is 0.586. The molecule has 1 aliphatic rings. The number of piperidine rings is 1. The second-order valence-corrected chi connectivity index (χ2v) is 5.84. The molecule has 0 saturated carbocycles. The quantitative estimate of drug-likeness (QED) is 0.656. The maximum atomic E-state index is 10.8. The molecule has 1 heterocycles. The minimum Gasteiger partial charge on any atom is -0.317 e. The summed E-state index contributed by atoms with van der Waals surface area (Å²) in [6, 6.07) is 0. The van der Waals surface area contributed by atoms with Crippen LogP contribution in [0.5, 0.6) is 0 Å². The predicted octanol–water partition coefficient (Wildman–Crippen LogP) is 0.315. The van der Waals surface area contributed by atoms with E-state index in [0.717, 1.165) is 31.8 Å². The lowest BCUT2D eigenvalue weighted by molar-refractivity contribution is 0.347. The molecule has 5 heteroatoms. The van der Waals surface area contributed by atoms with Crippen LogP contribution in [0.3, 0.4) is 0 Å². The van der Waals surface area contributed by atoms with Crippen LogP contribution in [0, 0.1) is 5.92 Å². The van der Waals surface area contributed by atoms with Gasteiger partial charge in [0.1, 0.15) is 0 Å². The van der Waals surface area contributed by atoms with Gasteiger partial charge in [-0.15, -0.1) is 0 Å². The molecule has 14 heavy (non-hydrogen) atoms. The van der Waals surface area contributed by atoms with Crippen molar-refractivity contribution >= 4 is 10.0 Å². The number of nitrogens with one attached hydrogen (secondary N) is 2. The molecule has 0 atom stereocenters. The van der Waals surface area contributed by atoms with Gasteiger partial charge in [-0.25, -0.2) is 13.1 Å². The summed E-state index contributed by atoms with van der Waals surface area (Å²) in [5, 5.41) is 3.32. The van der Waals surface area contributed by atoms with Gasteiger partial charge in [0.2, 0.25) is 10.0 Å². The average Bonchev–Trinajstić information content (AvgIpc) is 2.13. The summed E-state index contributed by atoms with van der Waals surface area (Å²) in [4.78, 5) is 0. The molecule has 1 rings (SSSR count).